The Kier molecular flexibility index (Phi) is 9.14. The van der Waals surface area contributed by atoms with Crippen LogP contribution in [0.1, 0.15) is 58.2 Å². The quantitative estimate of drug-likeness (QED) is 0.105. The fourth-order valence-corrected chi connectivity index (χ4v) is 7.96. The number of allylic oxidation sites excluding steroid dienone is 1. The average molecular weight is 782 g/mol. The van der Waals surface area contributed by atoms with Crippen molar-refractivity contribution < 1.29 is 65.5 Å². The number of hydrogen-bond donors (Lipinski definition) is 3. The lowest BCUT2D eigenvalue weighted by molar-refractivity contribution is -0.275. The van der Waals surface area contributed by atoms with E-state index in [9.17, 15) is 51.3 Å². The van der Waals surface area contributed by atoms with E-state index in [4.69, 9.17) is 0 Å². The number of carbonyl (C=O) groups excluding carboxylic acids is 2. The van der Waals surface area contributed by atoms with Gasteiger partial charge in [0.25, 0.3) is 5.91 Å². The van der Waals surface area contributed by atoms with Crippen LogP contribution in [0.5, 0.6) is 23.0 Å². The number of alkyl halides is 6. The van der Waals surface area contributed by atoms with E-state index in [2.05, 4.69) is 9.47 Å². The monoisotopic (exact) mass is 781 g/mol. The van der Waals surface area contributed by atoms with Crippen molar-refractivity contribution in [2.24, 2.45) is 11.8 Å². The van der Waals surface area contributed by atoms with E-state index in [1.54, 1.807) is 0 Å². The summed E-state index contributed by atoms with van der Waals surface area (Å²) in [5.74, 6) is -6.01. The molecule has 0 radical (unpaired) electrons. The van der Waals surface area contributed by atoms with Gasteiger partial charge < -0.3 is 24.8 Å². The number of halogens is 6. The van der Waals surface area contributed by atoms with E-state index in [0.717, 1.165) is 55.0 Å². The Morgan fingerprint density at radius 2 is 1.30 bits per heavy atom. The molecule has 1 fully saturated rings. The molecule has 1 saturated carbocycles. The molecule has 4 aromatic carbocycles. The number of amides is 1. The molecular weight excluding hydrogens is 750 g/mol. The van der Waals surface area contributed by atoms with Crippen LogP contribution in [0, 0.1) is 18.8 Å². The molecule has 1 aromatic heterocycles. The molecule has 10 nitrogen and oxygen atoms in total. The van der Waals surface area contributed by atoms with Crippen LogP contribution in [0.25, 0.3) is 16.5 Å². The van der Waals surface area contributed by atoms with Gasteiger partial charge in [0.05, 0.1) is 33.6 Å². The van der Waals surface area contributed by atoms with Crippen molar-refractivity contribution in [3.8, 4) is 23.0 Å². The highest BCUT2D eigenvalue weighted by Crippen LogP contribution is 2.59. The lowest BCUT2D eigenvalue weighted by Gasteiger charge is -2.34. The molecule has 2 unspecified atom stereocenters. The number of aromatic nitrogens is 1. The van der Waals surface area contributed by atoms with Gasteiger partial charge in [-0.1, -0.05) is 6.42 Å². The molecule has 2 aliphatic rings. The van der Waals surface area contributed by atoms with Crippen LogP contribution in [0.2, 0.25) is 0 Å². The number of fused-ring (bicyclic) bond motifs is 2. The molecule has 1 aliphatic heterocycles. The summed E-state index contributed by atoms with van der Waals surface area (Å²) in [6, 6.07) is 16.2. The van der Waals surface area contributed by atoms with E-state index in [1.165, 1.54) is 54.8 Å². The minimum Gasteiger partial charge on any atom is -0.508 e. The standard InChI is InChI=1S/C40H30F6N2O8/c1-20-35(29-18-25(49)10-16-31(29)47(20)36(51)23-6-12-27(13-7-23)55-39(41,42)43)48(37(52)24-8-14-28(15-9-24)56-40(44,45)46)21(2)33(30-19-26(50)11-17-32(30)48)34(38(53)54)22-4-3-5-22/h6-19,22,34H,3-5H2,1-2H3,(H2-,49,50,53,54)/p+1. The van der Waals surface area contributed by atoms with Crippen LogP contribution in [0.15, 0.2) is 90.6 Å². The summed E-state index contributed by atoms with van der Waals surface area (Å²) in [4.78, 5) is 43.0. The second kappa shape index (κ2) is 13.5. The third-order valence-electron chi connectivity index (χ3n) is 10.4. The van der Waals surface area contributed by atoms with Crippen molar-refractivity contribution in [1.82, 2.24) is 9.05 Å². The van der Waals surface area contributed by atoms with E-state index >= 15 is 4.79 Å². The first-order valence-corrected chi connectivity index (χ1v) is 17.1. The maximum Gasteiger partial charge on any atom is 0.573 e. The fraction of sp³-hybridized carbons (Fsp3) is 0.225. The second-order valence-electron chi connectivity index (χ2n) is 13.6. The van der Waals surface area contributed by atoms with Gasteiger partial charge in [-0.3, -0.25) is 14.2 Å². The smallest absolute Gasteiger partial charge is 0.508 e. The molecule has 0 saturated heterocycles. The molecule has 1 aliphatic carbocycles. The Morgan fingerprint density at radius 1 is 0.768 bits per heavy atom. The molecule has 7 rings (SSSR count). The Labute approximate surface area is 313 Å². The Balaban J connectivity index is 1.54. The van der Waals surface area contributed by atoms with Crippen LogP contribution >= 0.6 is 0 Å². The molecule has 0 spiro atoms. The number of carboxylic acid groups (broad SMARTS) is 1. The number of aromatic hydroxyl groups is 2. The second-order valence-corrected chi connectivity index (χ2v) is 13.6. The topological polar surface area (TPSA) is 135 Å². The highest BCUT2D eigenvalue weighted by atomic mass is 19.4. The molecular formula is C40H31F6N2O8+. The molecule has 3 N–H and O–H groups in total. The number of nitrogens with zero attached hydrogens (tertiary/aromatic N) is 2. The number of rotatable bonds is 8. The summed E-state index contributed by atoms with van der Waals surface area (Å²) in [7, 11) is 0. The van der Waals surface area contributed by atoms with Crippen LogP contribution in [-0.2, 0) is 4.79 Å². The first-order valence-electron chi connectivity index (χ1n) is 17.1. The lowest BCUT2D eigenvalue weighted by atomic mass is 9.71. The number of phenols is 2. The summed E-state index contributed by atoms with van der Waals surface area (Å²) < 4.78 is 86.2. The van der Waals surface area contributed by atoms with Gasteiger partial charge in [0.1, 0.15) is 28.7 Å². The van der Waals surface area contributed by atoms with E-state index in [1.807, 2.05) is 0 Å². The van der Waals surface area contributed by atoms with Crippen molar-refractivity contribution in [3.05, 3.63) is 113 Å². The number of benzene rings is 4. The number of ether oxygens (including phenoxy) is 2. The number of carbonyl (C=O) groups is 3. The Bertz CT molecular complexity index is 2450. The normalized spacial score (nSPS) is 17.7. The minimum absolute atomic E-state index is 0.0547. The van der Waals surface area contributed by atoms with Crippen LogP contribution in [0.4, 0.5) is 37.7 Å². The number of quaternary nitrogens is 1. The molecule has 56 heavy (non-hydrogen) atoms. The molecule has 2 atom stereocenters. The maximum absolute atomic E-state index is 15.5. The molecule has 1 amide bonds. The Hall–Kier alpha value is -6.29. The summed E-state index contributed by atoms with van der Waals surface area (Å²) in [5, 5.41) is 32.5. The zero-order chi connectivity index (χ0) is 40.5. The summed E-state index contributed by atoms with van der Waals surface area (Å²) in [6.07, 6.45) is -8.14. The molecule has 5 aromatic rings. The van der Waals surface area contributed by atoms with Crippen LogP contribution < -0.4 is 14.0 Å². The third kappa shape index (κ3) is 6.38. The van der Waals surface area contributed by atoms with E-state index < -0.39 is 52.4 Å². The van der Waals surface area contributed by atoms with E-state index in [0.29, 0.717) is 12.8 Å². The molecule has 16 heteroatoms. The van der Waals surface area contributed by atoms with Gasteiger partial charge in [-0.2, -0.15) is 4.48 Å². The first kappa shape index (κ1) is 38.0. The number of carboxylic acids is 1. The fourth-order valence-electron chi connectivity index (χ4n) is 7.96. The van der Waals surface area contributed by atoms with Gasteiger partial charge in [-0.15, -0.1) is 26.3 Å². The maximum atomic E-state index is 15.5. The zero-order valence-corrected chi connectivity index (χ0v) is 29.4. The SMILES string of the molecule is CC1=C(C(C(=O)O)C2CCC2)c2cc(O)ccc2[N+]1(C(=O)c1ccc(OC(F)(F)F)cc1)c1c(C)n(C(=O)c2ccc(OC(F)(F)F)cc2)c2ccc(O)cc12. The van der Waals surface area contributed by atoms with Crippen molar-refractivity contribution in [1.29, 1.82) is 0 Å². The molecule has 0 bridgehead atoms. The Morgan fingerprint density at radius 3 is 1.82 bits per heavy atom. The van der Waals surface area contributed by atoms with Crippen molar-refractivity contribution in [2.75, 3.05) is 0 Å². The number of phenolic OH excluding ortho intramolecular Hbond substituents is 2. The summed E-state index contributed by atoms with van der Waals surface area (Å²) in [6.45, 7) is 3.03. The van der Waals surface area contributed by atoms with Crippen LogP contribution in [0.3, 0.4) is 0 Å². The largest absolute Gasteiger partial charge is 0.573 e. The van der Waals surface area contributed by atoms with Crippen molar-refractivity contribution >= 4 is 45.6 Å². The lowest BCUT2D eigenvalue weighted by Crippen LogP contribution is -2.47. The minimum atomic E-state index is -5.03. The highest BCUT2D eigenvalue weighted by Gasteiger charge is 2.57. The first-order chi connectivity index (χ1) is 26.3. The average Bonchev–Trinajstić information content (AvgIpc) is 3.50. The number of aliphatic carboxylic acids is 1. The van der Waals surface area contributed by atoms with Crippen LogP contribution in [-0.4, -0.2) is 50.4 Å². The summed E-state index contributed by atoms with van der Waals surface area (Å²) >= 11 is 0. The molecule has 290 valence electrons. The van der Waals surface area contributed by atoms with Gasteiger partial charge >= 0.3 is 24.6 Å². The highest BCUT2D eigenvalue weighted by molar-refractivity contribution is 6.19. The van der Waals surface area contributed by atoms with Crippen molar-refractivity contribution in [2.45, 2.75) is 45.8 Å². The zero-order valence-electron chi connectivity index (χ0n) is 29.4. The van der Waals surface area contributed by atoms with Gasteiger partial charge in [0.2, 0.25) is 0 Å². The van der Waals surface area contributed by atoms with Gasteiger partial charge in [0.15, 0.2) is 11.4 Å². The number of hydrogen-bond acceptors (Lipinski definition) is 7. The van der Waals surface area contributed by atoms with E-state index in [-0.39, 0.29) is 73.3 Å². The molecule has 2 heterocycles. The third-order valence-corrected chi connectivity index (χ3v) is 10.4. The predicted molar refractivity (Wildman–Crippen MR) is 189 cm³/mol. The van der Waals surface area contributed by atoms with Crippen molar-refractivity contribution in [3.63, 3.8) is 0 Å². The van der Waals surface area contributed by atoms with Gasteiger partial charge in [-0.05, 0) is 105 Å². The summed E-state index contributed by atoms with van der Waals surface area (Å²) in [5.41, 5.74) is 0.765. The van der Waals surface area contributed by atoms with Gasteiger partial charge in [0, 0.05) is 24.1 Å². The van der Waals surface area contributed by atoms with Gasteiger partial charge in [-0.25, -0.2) is 4.79 Å². The predicted octanol–water partition coefficient (Wildman–Crippen LogP) is 9.57.